The summed E-state index contributed by atoms with van der Waals surface area (Å²) in [5, 5.41) is 12.6. The number of aliphatic hydroxyl groups is 1. The van der Waals surface area contributed by atoms with Crippen LogP contribution in [0.25, 0.3) is 11.1 Å². The molecule has 0 bridgehead atoms. The Kier molecular flexibility index (Phi) is 3.27. The first-order valence-corrected chi connectivity index (χ1v) is 6.81. The predicted molar refractivity (Wildman–Crippen MR) is 82.2 cm³/mol. The molecule has 0 amide bonds. The monoisotopic (exact) mass is 322 g/mol. The number of rotatable bonds is 4. The zero-order valence-corrected chi connectivity index (χ0v) is 12.0. The summed E-state index contributed by atoms with van der Waals surface area (Å²) in [6.45, 7) is -0.0801. The van der Waals surface area contributed by atoms with Crippen molar-refractivity contribution in [2.45, 2.75) is 6.61 Å². The Balaban J connectivity index is 1.76. The molecule has 23 heavy (non-hydrogen) atoms. The van der Waals surface area contributed by atoms with Crippen molar-refractivity contribution >= 4 is 11.5 Å². The number of oxime groups is 1. The number of hydrogen-bond acceptors (Lipinski definition) is 5. The van der Waals surface area contributed by atoms with Crippen LogP contribution in [0.2, 0.25) is 0 Å². The molecule has 1 saturated heterocycles. The maximum Gasteiger partial charge on any atom is 0.166 e. The Morgan fingerprint density at radius 2 is 2.26 bits per heavy atom. The highest BCUT2D eigenvalue weighted by atomic mass is 19.1. The Hall–Kier alpha value is -2.54. The summed E-state index contributed by atoms with van der Waals surface area (Å²) in [7, 11) is -2.62. The molecule has 120 valence electrons. The first-order chi connectivity index (χ1) is 12.3. The van der Waals surface area contributed by atoms with Crippen LogP contribution in [-0.4, -0.2) is 35.9 Å². The van der Waals surface area contributed by atoms with Crippen LogP contribution in [0.4, 0.5) is 14.6 Å². The van der Waals surface area contributed by atoms with E-state index in [1.165, 1.54) is 18.3 Å². The van der Waals surface area contributed by atoms with Gasteiger partial charge in [0.2, 0.25) is 0 Å². The van der Waals surface area contributed by atoms with Gasteiger partial charge < -0.3 is 14.8 Å². The molecule has 1 N–H and O–H groups in total. The van der Waals surface area contributed by atoms with Crippen LogP contribution in [-0.2, 0) is 11.4 Å². The molecular formula is C16H15F2N3O2. The van der Waals surface area contributed by atoms with Gasteiger partial charge in [0.25, 0.3) is 0 Å². The van der Waals surface area contributed by atoms with Gasteiger partial charge in [-0.15, -0.1) is 0 Å². The van der Waals surface area contributed by atoms with Gasteiger partial charge in [-0.2, -0.15) is 0 Å². The van der Waals surface area contributed by atoms with Crippen LogP contribution in [0.5, 0.6) is 0 Å². The largest absolute Gasteiger partial charge is 0.399 e. The third-order valence-corrected chi connectivity index (χ3v) is 3.60. The van der Waals surface area contributed by atoms with E-state index < -0.39 is 25.3 Å². The van der Waals surface area contributed by atoms with E-state index in [9.17, 15) is 8.78 Å². The van der Waals surface area contributed by atoms with Crippen molar-refractivity contribution in [1.29, 1.82) is 0 Å². The van der Waals surface area contributed by atoms with Crippen molar-refractivity contribution in [1.82, 2.24) is 4.98 Å². The lowest BCUT2D eigenvalue weighted by atomic mass is 10.0. The fourth-order valence-corrected chi connectivity index (χ4v) is 2.40. The molecule has 1 aliphatic rings. The Morgan fingerprint density at radius 3 is 2.96 bits per heavy atom. The molecule has 0 aliphatic carbocycles. The van der Waals surface area contributed by atoms with Crippen molar-refractivity contribution in [2.24, 2.45) is 5.16 Å². The highest BCUT2D eigenvalue weighted by molar-refractivity contribution is 5.99. The summed E-state index contributed by atoms with van der Waals surface area (Å²) in [5.74, 6) is -1.21. The summed E-state index contributed by atoms with van der Waals surface area (Å²) in [6, 6.07) is 5.65. The Morgan fingerprint density at radius 1 is 1.43 bits per heavy atom. The van der Waals surface area contributed by atoms with E-state index in [2.05, 4.69) is 15.0 Å². The zero-order chi connectivity index (χ0) is 18.9. The molecule has 1 aromatic heterocycles. The van der Waals surface area contributed by atoms with Crippen molar-refractivity contribution in [3.63, 3.8) is 0 Å². The van der Waals surface area contributed by atoms with Gasteiger partial charge in [-0.25, -0.2) is 13.8 Å². The van der Waals surface area contributed by atoms with Crippen LogP contribution >= 0.6 is 0 Å². The fourth-order valence-electron chi connectivity index (χ4n) is 2.40. The van der Waals surface area contributed by atoms with E-state index in [0.717, 1.165) is 6.07 Å². The quantitative estimate of drug-likeness (QED) is 0.878. The van der Waals surface area contributed by atoms with E-state index in [1.54, 1.807) is 11.0 Å². The molecule has 3 rings (SSSR count). The minimum absolute atomic E-state index is 0.0558. The molecule has 0 atom stereocenters. The number of aromatic nitrogens is 1. The average molecular weight is 322 g/mol. The molecule has 2 heterocycles. The number of nitrogens with zero attached hydrogens (tertiary/aromatic N) is 3. The van der Waals surface area contributed by atoms with Gasteiger partial charge in [0.1, 0.15) is 12.9 Å². The first kappa shape index (κ1) is 12.0. The van der Waals surface area contributed by atoms with Crippen molar-refractivity contribution < 1.29 is 22.8 Å². The van der Waals surface area contributed by atoms with E-state index in [1.807, 2.05) is 0 Å². The van der Waals surface area contributed by atoms with Crippen molar-refractivity contribution in [2.75, 3.05) is 25.0 Å². The highest BCUT2D eigenvalue weighted by Gasteiger charge is 2.26. The van der Waals surface area contributed by atoms with Gasteiger partial charge in [-0.05, 0) is 6.07 Å². The van der Waals surface area contributed by atoms with Crippen LogP contribution in [0.3, 0.4) is 0 Å². The first-order valence-electron chi connectivity index (χ1n) is 8.31. The third-order valence-electron chi connectivity index (χ3n) is 3.60. The molecule has 1 aromatic carbocycles. The second-order valence-electron chi connectivity index (χ2n) is 5.07. The molecule has 5 nitrogen and oxygen atoms in total. The molecule has 1 fully saturated rings. The molecule has 0 radical (unpaired) electrons. The summed E-state index contributed by atoms with van der Waals surface area (Å²) in [5.41, 5.74) is 0.962. The SMILES string of the molecule is [2H]C([2H])([2H])ON=C1CN(c2ncc(-c3cccc(CO)c3F)cc2F)C1. The summed E-state index contributed by atoms with van der Waals surface area (Å²) >= 11 is 0. The maximum atomic E-state index is 14.4. The van der Waals surface area contributed by atoms with Crippen molar-refractivity contribution in [3.05, 3.63) is 47.7 Å². The molecule has 0 spiro atoms. The van der Waals surface area contributed by atoms with E-state index in [4.69, 9.17) is 9.22 Å². The summed E-state index contributed by atoms with van der Waals surface area (Å²) < 4.78 is 49.3. The highest BCUT2D eigenvalue weighted by Crippen LogP contribution is 2.29. The third kappa shape index (κ3) is 2.87. The van der Waals surface area contributed by atoms with Gasteiger partial charge >= 0.3 is 0 Å². The van der Waals surface area contributed by atoms with Gasteiger partial charge in [0, 0.05) is 22.9 Å². The predicted octanol–water partition coefficient (Wildman–Crippen LogP) is 2.34. The van der Waals surface area contributed by atoms with E-state index >= 15 is 0 Å². The molecule has 0 unspecified atom stereocenters. The van der Waals surface area contributed by atoms with Crippen LogP contribution in [0.15, 0.2) is 35.6 Å². The average Bonchev–Trinajstić information content (AvgIpc) is 2.54. The normalized spacial score (nSPS) is 16.2. The van der Waals surface area contributed by atoms with Crippen LogP contribution in [0.1, 0.15) is 9.68 Å². The topological polar surface area (TPSA) is 58.0 Å². The minimum atomic E-state index is -2.62. The number of pyridine rings is 1. The smallest absolute Gasteiger partial charge is 0.166 e. The molecule has 0 saturated carbocycles. The van der Waals surface area contributed by atoms with E-state index in [0.29, 0.717) is 5.71 Å². The lowest BCUT2D eigenvalue weighted by molar-refractivity contribution is 0.211. The number of aliphatic hydroxyl groups excluding tert-OH is 1. The van der Waals surface area contributed by atoms with Gasteiger partial charge in [0.15, 0.2) is 11.6 Å². The number of halogens is 2. The van der Waals surface area contributed by atoms with E-state index in [-0.39, 0.29) is 35.6 Å². The van der Waals surface area contributed by atoms with Gasteiger partial charge in [0.05, 0.1) is 29.5 Å². The van der Waals surface area contributed by atoms with Gasteiger partial charge in [-0.3, -0.25) is 0 Å². The molecule has 7 heteroatoms. The second-order valence-corrected chi connectivity index (χ2v) is 5.07. The Labute approximate surface area is 136 Å². The zero-order valence-electron chi connectivity index (χ0n) is 15.0. The van der Waals surface area contributed by atoms with Crippen LogP contribution in [0, 0.1) is 11.6 Å². The molecule has 1 aliphatic heterocycles. The second kappa shape index (κ2) is 6.29. The fraction of sp³-hybridized carbons (Fsp3) is 0.250. The summed E-state index contributed by atoms with van der Waals surface area (Å²) in [6.07, 6.45) is 1.34. The number of benzene rings is 1. The standard InChI is InChI=1S/C16H15F2N3O2/c1-23-20-12-7-21(8-12)16-14(17)5-11(6-19-16)13-4-2-3-10(9-22)15(13)18/h2-6,22H,7-9H2,1H3/i1D3. The maximum absolute atomic E-state index is 14.4. The lowest BCUT2D eigenvalue weighted by Crippen LogP contribution is -2.48. The van der Waals surface area contributed by atoms with Crippen LogP contribution < -0.4 is 4.90 Å². The summed E-state index contributed by atoms with van der Waals surface area (Å²) in [4.78, 5) is 9.92. The number of anilines is 1. The Bertz CT molecular complexity index is 851. The van der Waals surface area contributed by atoms with Crippen molar-refractivity contribution in [3.8, 4) is 11.1 Å². The number of hydrogen-bond donors (Lipinski definition) is 1. The molecule has 2 aromatic rings. The minimum Gasteiger partial charge on any atom is -0.399 e. The lowest BCUT2D eigenvalue weighted by Gasteiger charge is -2.33. The van der Waals surface area contributed by atoms with Gasteiger partial charge in [-0.1, -0.05) is 23.4 Å². The molecular weight excluding hydrogens is 304 g/mol.